The maximum atomic E-state index is 12.5. The van der Waals surface area contributed by atoms with Crippen LogP contribution in [0, 0.1) is 0 Å². The van der Waals surface area contributed by atoms with E-state index in [1.807, 2.05) is 18.7 Å². The Kier molecular flexibility index (Phi) is 6.58. The van der Waals surface area contributed by atoms with Crippen molar-refractivity contribution in [2.24, 2.45) is 0 Å². The molecule has 0 aliphatic carbocycles. The smallest absolute Gasteiger partial charge is 0.253 e. The van der Waals surface area contributed by atoms with Gasteiger partial charge in [-0.2, -0.15) is 0 Å². The van der Waals surface area contributed by atoms with Crippen LogP contribution >= 0.6 is 0 Å². The van der Waals surface area contributed by atoms with Crippen LogP contribution in [-0.4, -0.2) is 55.8 Å². The number of rotatable bonds is 7. The van der Waals surface area contributed by atoms with Gasteiger partial charge in [-0.3, -0.25) is 9.59 Å². The predicted octanol–water partition coefficient (Wildman–Crippen LogP) is 1.87. The maximum absolute atomic E-state index is 12.5. The van der Waals surface area contributed by atoms with E-state index in [1.165, 1.54) is 0 Å². The van der Waals surface area contributed by atoms with Gasteiger partial charge in [0, 0.05) is 30.3 Å². The average Bonchev–Trinajstić information content (AvgIpc) is 2.92. The van der Waals surface area contributed by atoms with E-state index >= 15 is 0 Å². The topological polar surface area (TPSA) is 83.6 Å². The van der Waals surface area contributed by atoms with E-state index in [1.54, 1.807) is 24.3 Å². The van der Waals surface area contributed by atoms with Gasteiger partial charge in [0.2, 0.25) is 0 Å². The standard InChI is InChI=1S/C18H26N2O4S/c1-3-10-20(11-4-2)18(22)15-7-5-14(6-8-15)17(21)19-16-9-12-25(23,24)13-16/h5-8,16H,3-4,9-13H2,1-2H3,(H,19,21). The summed E-state index contributed by atoms with van der Waals surface area (Å²) >= 11 is 0. The summed E-state index contributed by atoms with van der Waals surface area (Å²) in [6, 6.07) is 6.20. The molecule has 1 aliphatic rings. The Hall–Kier alpha value is -1.89. The third kappa shape index (κ3) is 5.29. The van der Waals surface area contributed by atoms with Crippen molar-refractivity contribution in [1.82, 2.24) is 10.2 Å². The zero-order valence-electron chi connectivity index (χ0n) is 14.8. The molecule has 1 N–H and O–H groups in total. The number of carbonyl (C=O) groups is 2. The molecule has 1 fully saturated rings. The second-order valence-corrected chi connectivity index (χ2v) is 8.67. The Bertz CT molecular complexity index is 707. The Morgan fingerprint density at radius 1 is 1.08 bits per heavy atom. The fourth-order valence-electron chi connectivity index (χ4n) is 2.98. The molecule has 2 amide bonds. The molecule has 0 aromatic heterocycles. The van der Waals surface area contributed by atoms with E-state index in [9.17, 15) is 18.0 Å². The number of hydrogen-bond donors (Lipinski definition) is 1. The van der Waals surface area contributed by atoms with E-state index in [0.717, 1.165) is 12.8 Å². The third-order valence-corrected chi connectivity index (χ3v) is 6.00. The lowest BCUT2D eigenvalue weighted by atomic mass is 10.1. The second kappa shape index (κ2) is 8.47. The van der Waals surface area contributed by atoms with E-state index in [2.05, 4.69) is 5.32 Å². The zero-order valence-corrected chi connectivity index (χ0v) is 15.6. The molecule has 0 radical (unpaired) electrons. The number of hydrogen-bond acceptors (Lipinski definition) is 4. The summed E-state index contributed by atoms with van der Waals surface area (Å²) in [5.41, 5.74) is 0.986. The molecular formula is C18H26N2O4S. The lowest BCUT2D eigenvalue weighted by Crippen LogP contribution is -2.35. The monoisotopic (exact) mass is 366 g/mol. The molecule has 1 atom stereocenters. The van der Waals surface area contributed by atoms with Crippen LogP contribution in [0.15, 0.2) is 24.3 Å². The summed E-state index contributed by atoms with van der Waals surface area (Å²) in [5, 5.41) is 2.75. The van der Waals surface area contributed by atoms with Gasteiger partial charge < -0.3 is 10.2 Å². The largest absolute Gasteiger partial charge is 0.348 e. The summed E-state index contributed by atoms with van der Waals surface area (Å²) in [4.78, 5) is 26.6. The van der Waals surface area contributed by atoms with Crippen LogP contribution in [0.4, 0.5) is 0 Å². The quantitative estimate of drug-likeness (QED) is 0.798. The highest BCUT2D eigenvalue weighted by Gasteiger charge is 2.29. The van der Waals surface area contributed by atoms with E-state index < -0.39 is 9.84 Å². The van der Waals surface area contributed by atoms with Crippen molar-refractivity contribution >= 4 is 21.7 Å². The first kappa shape index (κ1) is 19.4. The number of sulfone groups is 1. The van der Waals surface area contributed by atoms with E-state index in [0.29, 0.717) is 30.6 Å². The molecule has 1 unspecified atom stereocenters. The van der Waals surface area contributed by atoms with Crippen LogP contribution in [0.5, 0.6) is 0 Å². The third-order valence-electron chi connectivity index (χ3n) is 4.24. The minimum absolute atomic E-state index is 0.00168. The van der Waals surface area contributed by atoms with E-state index in [4.69, 9.17) is 0 Å². The van der Waals surface area contributed by atoms with Gasteiger partial charge in [0.25, 0.3) is 11.8 Å². The number of benzene rings is 1. The molecule has 7 heteroatoms. The second-order valence-electron chi connectivity index (χ2n) is 6.44. The van der Waals surface area contributed by atoms with Gasteiger partial charge in [-0.1, -0.05) is 13.8 Å². The van der Waals surface area contributed by atoms with Crippen molar-refractivity contribution in [1.29, 1.82) is 0 Å². The van der Waals surface area contributed by atoms with Gasteiger partial charge in [0.15, 0.2) is 9.84 Å². The molecule has 0 bridgehead atoms. The average molecular weight is 366 g/mol. The minimum atomic E-state index is -3.03. The Morgan fingerprint density at radius 3 is 2.12 bits per heavy atom. The van der Waals surface area contributed by atoms with Crippen LogP contribution in [0.3, 0.4) is 0 Å². The van der Waals surface area contributed by atoms with Crippen LogP contribution in [0.1, 0.15) is 53.8 Å². The normalized spacial score (nSPS) is 18.7. The Balaban J connectivity index is 2.01. The van der Waals surface area contributed by atoms with Crippen molar-refractivity contribution in [3.05, 3.63) is 35.4 Å². The number of amides is 2. The fraction of sp³-hybridized carbons (Fsp3) is 0.556. The fourth-order valence-corrected chi connectivity index (χ4v) is 4.65. The first-order valence-corrected chi connectivity index (χ1v) is 10.6. The summed E-state index contributed by atoms with van der Waals surface area (Å²) in [5.74, 6) is -0.216. The minimum Gasteiger partial charge on any atom is -0.348 e. The number of carbonyl (C=O) groups excluding carboxylic acids is 2. The van der Waals surface area contributed by atoms with Crippen LogP contribution in [0.2, 0.25) is 0 Å². The lowest BCUT2D eigenvalue weighted by Gasteiger charge is -2.21. The summed E-state index contributed by atoms with van der Waals surface area (Å²) < 4.78 is 22.9. The Morgan fingerprint density at radius 2 is 1.64 bits per heavy atom. The molecule has 0 saturated carbocycles. The molecule has 2 rings (SSSR count). The molecule has 25 heavy (non-hydrogen) atoms. The lowest BCUT2D eigenvalue weighted by molar-refractivity contribution is 0.0755. The van der Waals surface area contributed by atoms with Crippen molar-refractivity contribution < 1.29 is 18.0 Å². The molecule has 6 nitrogen and oxygen atoms in total. The van der Waals surface area contributed by atoms with Gasteiger partial charge in [0.1, 0.15) is 0 Å². The van der Waals surface area contributed by atoms with Gasteiger partial charge in [0.05, 0.1) is 11.5 Å². The van der Waals surface area contributed by atoms with Crippen LogP contribution in [-0.2, 0) is 9.84 Å². The van der Waals surface area contributed by atoms with Crippen molar-refractivity contribution in [2.45, 2.75) is 39.2 Å². The highest BCUT2D eigenvalue weighted by atomic mass is 32.2. The number of nitrogens with zero attached hydrogens (tertiary/aromatic N) is 1. The molecule has 0 spiro atoms. The van der Waals surface area contributed by atoms with Crippen molar-refractivity contribution in [3.8, 4) is 0 Å². The summed E-state index contributed by atoms with van der Waals surface area (Å²) in [6.45, 7) is 5.50. The van der Waals surface area contributed by atoms with E-state index in [-0.39, 0.29) is 29.4 Å². The maximum Gasteiger partial charge on any atom is 0.253 e. The number of nitrogens with one attached hydrogen (secondary N) is 1. The summed E-state index contributed by atoms with van der Waals surface area (Å²) in [7, 11) is -3.03. The highest BCUT2D eigenvalue weighted by Crippen LogP contribution is 2.13. The summed E-state index contributed by atoms with van der Waals surface area (Å²) in [6.07, 6.45) is 2.25. The highest BCUT2D eigenvalue weighted by molar-refractivity contribution is 7.91. The molecule has 1 aliphatic heterocycles. The molecule has 1 saturated heterocycles. The predicted molar refractivity (Wildman–Crippen MR) is 97.5 cm³/mol. The van der Waals surface area contributed by atoms with Crippen molar-refractivity contribution in [3.63, 3.8) is 0 Å². The van der Waals surface area contributed by atoms with Gasteiger partial charge in [-0.15, -0.1) is 0 Å². The van der Waals surface area contributed by atoms with Gasteiger partial charge in [-0.05, 0) is 43.5 Å². The molecule has 1 heterocycles. The molecule has 1 aromatic carbocycles. The Labute approximate surface area is 149 Å². The molecular weight excluding hydrogens is 340 g/mol. The zero-order chi connectivity index (χ0) is 18.4. The first-order valence-electron chi connectivity index (χ1n) is 8.77. The van der Waals surface area contributed by atoms with Crippen LogP contribution < -0.4 is 5.32 Å². The van der Waals surface area contributed by atoms with Gasteiger partial charge >= 0.3 is 0 Å². The molecule has 1 aromatic rings. The van der Waals surface area contributed by atoms with Crippen molar-refractivity contribution in [2.75, 3.05) is 24.6 Å². The van der Waals surface area contributed by atoms with Crippen LogP contribution in [0.25, 0.3) is 0 Å². The SMILES string of the molecule is CCCN(CCC)C(=O)c1ccc(C(=O)NC2CCS(=O)(=O)C2)cc1. The van der Waals surface area contributed by atoms with Gasteiger partial charge in [-0.25, -0.2) is 8.42 Å². The first-order chi connectivity index (χ1) is 11.9. The molecule has 138 valence electrons.